The lowest BCUT2D eigenvalue weighted by Crippen LogP contribution is -1.95. The number of nitrogens with zero attached hydrogens (tertiary/aromatic N) is 2. The molecule has 0 atom stereocenters. The van der Waals surface area contributed by atoms with Crippen molar-refractivity contribution in [3.05, 3.63) is 139 Å². The SMILES string of the molecule is O=C1c2cc(/C=C/c3ccc([N+](=O)[O-])cc3)ccc2-c2ccc(/C=C/c3ccc([N+](=O)[O-])cc3)cc21. The fourth-order valence-electron chi connectivity index (χ4n) is 4.12. The first-order valence-corrected chi connectivity index (χ1v) is 11.1. The number of ketones is 1. The van der Waals surface area contributed by atoms with E-state index in [9.17, 15) is 25.0 Å². The molecule has 7 heteroatoms. The van der Waals surface area contributed by atoms with Crippen LogP contribution in [0.2, 0.25) is 0 Å². The van der Waals surface area contributed by atoms with E-state index in [0.717, 1.165) is 33.4 Å². The molecule has 4 aromatic rings. The maximum absolute atomic E-state index is 13.2. The van der Waals surface area contributed by atoms with Crippen LogP contribution in [0.25, 0.3) is 35.4 Å². The van der Waals surface area contributed by atoms with Gasteiger partial charge in [0, 0.05) is 35.4 Å². The molecule has 0 aromatic heterocycles. The van der Waals surface area contributed by atoms with Crippen molar-refractivity contribution in [2.45, 2.75) is 0 Å². The minimum Gasteiger partial charge on any atom is -0.289 e. The number of non-ortho nitro benzene ring substituents is 2. The summed E-state index contributed by atoms with van der Waals surface area (Å²) < 4.78 is 0. The highest BCUT2D eigenvalue weighted by Crippen LogP contribution is 2.38. The molecular weight excluding hydrogens is 456 g/mol. The van der Waals surface area contributed by atoms with Gasteiger partial charge in [-0.15, -0.1) is 0 Å². The zero-order valence-electron chi connectivity index (χ0n) is 18.8. The Balaban J connectivity index is 1.35. The van der Waals surface area contributed by atoms with E-state index in [1.54, 1.807) is 24.3 Å². The highest BCUT2D eigenvalue weighted by atomic mass is 16.6. The maximum Gasteiger partial charge on any atom is 0.269 e. The summed E-state index contributed by atoms with van der Waals surface area (Å²) in [6.45, 7) is 0. The van der Waals surface area contributed by atoms with Gasteiger partial charge in [0.2, 0.25) is 0 Å². The van der Waals surface area contributed by atoms with E-state index in [2.05, 4.69) is 0 Å². The minimum absolute atomic E-state index is 0.0370. The third-order valence-electron chi connectivity index (χ3n) is 6.01. The van der Waals surface area contributed by atoms with Crippen LogP contribution in [0.3, 0.4) is 0 Å². The second kappa shape index (κ2) is 9.23. The topological polar surface area (TPSA) is 103 Å². The quantitative estimate of drug-likeness (QED) is 0.149. The van der Waals surface area contributed by atoms with Gasteiger partial charge in [-0.05, 0) is 69.8 Å². The van der Waals surface area contributed by atoms with Crippen molar-refractivity contribution < 1.29 is 14.6 Å². The van der Waals surface area contributed by atoms with Gasteiger partial charge in [0.05, 0.1) is 9.85 Å². The number of carbonyl (C=O) groups is 1. The minimum atomic E-state index is -0.436. The molecule has 0 radical (unpaired) electrons. The van der Waals surface area contributed by atoms with Crippen LogP contribution in [0.1, 0.15) is 38.2 Å². The van der Waals surface area contributed by atoms with Gasteiger partial charge in [0.25, 0.3) is 11.4 Å². The Bertz CT molecular complexity index is 1460. The molecule has 0 unspecified atom stereocenters. The van der Waals surface area contributed by atoms with Gasteiger partial charge >= 0.3 is 0 Å². The summed E-state index contributed by atoms with van der Waals surface area (Å²) in [6.07, 6.45) is 7.43. The molecule has 5 rings (SSSR count). The summed E-state index contributed by atoms with van der Waals surface area (Å²) >= 11 is 0. The van der Waals surface area contributed by atoms with Crippen molar-refractivity contribution in [1.29, 1.82) is 0 Å². The highest BCUT2D eigenvalue weighted by molar-refractivity contribution is 6.22. The van der Waals surface area contributed by atoms with Crippen molar-refractivity contribution in [3.8, 4) is 11.1 Å². The van der Waals surface area contributed by atoms with Crippen molar-refractivity contribution in [1.82, 2.24) is 0 Å². The molecule has 0 spiro atoms. The molecule has 0 saturated heterocycles. The fourth-order valence-corrected chi connectivity index (χ4v) is 4.12. The molecule has 4 aromatic carbocycles. The number of nitro groups is 2. The molecule has 7 nitrogen and oxygen atoms in total. The maximum atomic E-state index is 13.2. The van der Waals surface area contributed by atoms with Gasteiger partial charge in [-0.2, -0.15) is 0 Å². The van der Waals surface area contributed by atoms with E-state index in [-0.39, 0.29) is 17.2 Å². The zero-order valence-corrected chi connectivity index (χ0v) is 18.8. The molecule has 0 fully saturated rings. The average molecular weight is 474 g/mol. The van der Waals surface area contributed by atoms with Crippen LogP contribution in [-0.2, 0) is 0 Å². The van der Waals surface area contributed by atoms with Gasteiger partial charge in [0.1, 0.15) is 0 Å². The Morgan fingerprint density at radius 2 is 0.806 bits per heavy atom. The first-order chi connectivity index (χ1) is 17.4. The molecule has 0 heterocycles. The molecule has 0 N–H and O–H groups in total. The second-order valence-electron chi connectivity index (χ2n) is 8.30. The molecule has 1 aliphatic carbocycles. The average Bonchev–Trinajstić information content (AvgIpc) is 3.17. The number of benzene rings is 4. The summed E-state index contributed by atoms with van der Waals surface area (Å²) in [4.78, 5) is 33.9. The predicted octanol–water partition coefficient (Wildman–Crippen LogP) is 7.06. The third kappa shape index (κ3) is 4.45. The number of hydrogen-bond donors (Lipinski definition) is 0. The van der Waals surface area contributed by atoms with Crippen LogP contribution in [0.15, 0.2) is 84.9 Å². The Kier molecular flexibility index (Phi) is 5.80. The Morgan fingerprint density at radius 3 is 1.17 bits per heavy atom. The molecular formula is C29H18N2O5. The standard InChI is InChI=1S/C29H18N2O5/c32-29-27-17-21(3-1-19-5-11-23(12-6-19)30(33)34)9-15-25(27)26-16-10-22(18-28(26)29)4-2-20-7-13-24(14-8-20)31(35)36/h1-18H/b3-1+,4-2+. The number of carbonyl (C=O) groups excluding carboxylic acids is 1. The zero-order chi connectivity index (χ0) is 25.2. The monoisotopic (exact) mass is 474 g/mol. The van der Waals surface area contributed by atoms with Crippen LogP contribution in [0, 0.1) is 20.2 Å². The third-order valence-corrected chi connectivity index (χ3v) is 6.01. The first kappa shape index (κ1) is 22.6. The highest BCUT2D eigenvalue weighted by Gasteiger charge is 2.26. The van der Waals surface area contributed by atoms with Crippen molar-refractivity contribution in [2.75, 3.05) is 0 Å². The molecule has 174 valence electrons. The number of rotatable bonds is 6. The van der Waals surface area contributed by atoms with E-state index >= 15 is 0 Å². The molecule has 0 amide bonds. The van der Waals surface area contributed by atoms with Gasteiger partial charge in [-0.25, -0.2) is 0 Å². The van der Waals surface area contributed by atoms with Crippen LogP contribution in [0.5, 0.6) is 0 Å². The van der Waals surface area contributed by atoms with Gasteiger partial charge in [-0.3, -0.25) is 25.0 Å². The Morgan fingerprint density at radius 1 is 0.472 bits per heavy atom. The lowest BCUT2D eigenvalue weighted by molar-refractivity contribution is -0.385. The number of fused-ring (bicyclic) bond motifs is 3. The number of nitro benzene ring substituents is 2. The van der Waals surface area contributed by atoms with E-state index in [4.69, 9.17) is 0 Å². The van der Waals surface area contributed by atoms with Gasteiger partial charge in [0.15, 0.2) is 5.78 Å². The van der Waals surface area contributed by atoms with Crippen molar-refractivity contribution >= 4 is 41.5 Å². The Hall–Kier alpha value is -5.17. The van der Waals surface area contributed by atoms with Gasteiger partial charge < -0.3 is 0 Å². The van der Waals surface area contributed by atoms with Crippen LogP contribution in [-0.4, -0.2) is 15.6 Å². The second-order valence-corrected chi connectivity index (χ2v) is 8.30. The first-order valence-electron chi connectivity index (χ1n) is 11.1. The molecule has 36 heavy (non-hydrogen) atoms. The van der Waals surface area contributed by atoms with Crippen molar-refractivity contribution in [2.24, 2.45) is 0 Å². The smallest absolute Gasteiger partial charge is 0.269 e. The number of hydrogen-bond acceptors (Lipinski definition) is 5. The van der Waals surface area contributed by atoms with Gasteiger partial charge in [-0.1, -0.05) is 48.6 Å². The predicted molar refractivity (Wildman–Crippen MR) is 139 cm³/mol. The Labute approximate surface area is 206 Å². The van der Waals surface area contributed by atoms with E-state index in [1.807, 2.05) is 60.7 Å². The lowest BCUT2D eigenvalue weighted by atomic mass is 10.0. The molecule has 0 aliphatic heterocycles. The molecule has 1 aliphatic rings. The lowest BCUT2D eigenvalue weighted by Gasteiger charge is -2.02. The molecule has 0 saturated carbocycles. The fraction of sp³-hybridized carbons (Fsp3) is 0. The van der Waals surface area contributed by atoms with E-state index in [1.165, 1.54) is 24.3 Å². The largest absolute Gasteiger partial charge is 0.289 e. The summed E-state index contributed by atoms with van der Waals surface area (Å²) in [6, 6.07) is 24.0. The van der Waals surface area contributed by atoms with E-state index < -0.39 is 9.85 Å². The summed E-state index contributed by atoms with van der Waals surface area (Å²) in [5.74, 6) is -0.0452. The summed E-state index contributed by atoms with van der Waals surface area (Å²) in [7, 11) is 0. The van der Waals surface area contributed by atoms with Crippen molar-refractivity contribution in [3.63, 3.8) is 0 Å². The van der Waals surface area contributed by atoms with Crippen LogP contribution < -0.4 is 0 Å². The van der Waals surface area contributed by atoms with Crippen LogP contribution in [0.4, 0.5) is 11.4 Å². The van der Waals surface area contributed by atoms with Crippen LogP contribution >= 0.6 is 0 Å². The summed E-state index contributed by atoms with van der Waals surface area (Å²) in [5, 5.41) is 21.6. The molecule has 0 bridgehead atoms. The summed E-state index contributed by atoms with van der Waals surface area (Å²) in [5.41, 5.74) is 6.45. The normalized spacial score (nSPS) is 12.2. The van der Waals surface area contributed by atoms with E-state index in [0.29, 0.717) is 11.1 Å².